The van der Waals surface area contributed by atoms with Gasteiger partial charge in [-0.05, 0) is 75.5 Å². The molecule has 1 aromatic rings. The lowest BCUT2D eigenvalue weighted by molar-refractivity contribution is 0.110. The summed E-state index contributed by atoms with van der Waals surface area (Å²) in [4.78, 5) is 0. The summed E-state index contributed by atoms with van der Waals surface area (Å²) < 4.78 is 5.02. The maximum atomic E-state index is 9.50. The molecule has 0 saturated carbocycles. The quantitative estimate of drug-likeness (QED) is 0.306. The van der Waals surface area contributed by atoms with E-state index in [-0.39, 0.29) is 11.7 Å². The molecule has 0 aliphatic heterocycles. The van der Waals surface area contributed by atoms with Gasteiger partial charge >= 0.3 is 0 Å². The Bertz CT molecular complexity index is 565. The Balaban J connectivity index is 0.000000528. The van der Waals surface area contributed by atoms with Crippen LogP contribution in [0.25, 0.3) is 0 Å². The number of aliphatic hydroxyl groups excluding tert-OH is 2. The van der Waals surface area contributed by atoms with Crippen molar-refractivity contribution in [1.82, 2.24) is 0 Å². The number of aryl methyl sites for hydroxylation is 1. The van der Waals surface area contributed by atoms with E-state index in [0.29, 0.717) is 5.92 Å². The summed E-state index contributed by atoms with van der Waals surface area (Å²) in [6.45, 7) is 12.2. The monoisotopic (exact) mass is 390 g/mol. The van der Waals surface area contributed by atoms with Gasteiger partial charge in [-0.1, -0.05) is 57.9 Å². The van der Waals surface area contributed by atoms with E-state index in [0.717, 1.165) is 32.1 Å². The van der Waals surface area contributed by atoms with Crippen molar-refractivity contribution in [1.29, 1.82) is 0 Å². The average molecular weight is 391 g/mol. The normalized spacial score (nSPS) is 14.9. The Morgan fingerprint density at radius 2 is 1.93 bits per heavy atom. The average Bonchev–Trinajstić information content (AvgIpc) is 3.15. The van der Waals surface area contributed by atoms with Crippen molar-refractivity contribution >= 4 is 0 Å². The molecular weight excluding hydrogens is 348 g/mol. The molecule has 0 spiro atoms. The van der Waals surface area contributed by atoms with Crippen molar-refractivity contribution < 1.29 is 14.6 Å². The molecule has 0 fully saturated rings. The second kappa shape index (κ2) is 16.2. The van der Waals surface area contributed by atoms with Crippen molar-refractivity contribution in [3.8, 4) is 0 Å². The van der Waals surface area contributed by atoms with Crippen molar-refractivity contribution in [2.24, 2.45) is 11.8 Å². The third-order valence-corrected chi connectivity index (χ3v) is 4.58. The van der Waals surface area contributed by atoms with Crippen LogP contribution in [-0.4, -0.2) is 16.3 Å². The van der Waals surface area contributed by atoms with E-state index < -0.39 is 6.10 Å². The molecule has 0 bridgehead atoms. The summed E-state index contributed by atoms with van der Waals surface area (Å²) in [5.41, 5.74) is 2.77. The van der Waals surface area contributed by atoms with Gasteiger partial charge in [0, 0.05) is 0 Å². The molecule has 2 unspecified atom stereocenters. The molecule has 1 rings (SSSR count). The van der Waals surface area contributed by atoms with Gasteiger partial charge in [-0.25, -0.2) is 0 Å². The smallest absolute Gasteiger partial charge is 0.117 e. The zero-order valence-corrected chi connectivity index (χ0v) is 18.8. The fourth-order valence-corrected chi connectivity index (χ4v) is 2.77. The molecule has 1 aromatic heterocycles. The minimum absolute atomic E-state index is 0.0741. The van der Waals surface area contributed by atoms with Crippen LogP contribution >= 0.6 is 0 Å². The maximum Gasteiger partial charge on any atom is 0.117 e. The molecule has 3 heteroatoms. The van der Waals surface area contributed by atoms with Crippen LogP contribution in [0.5, 0.6) is 0 Å². The highest BCUT2D eigenvalue weighted by atomic mass is 16.3. The summed E-state index contributed by atoms with van der Waals surface area (Å²) in [6.07, 6.45) is 17.9. The van der Waals surface area contributed by atoms with Crippen molar-refractivity contribution in [2.45, 2.75) is 86.2 Å². The number of hydrogen-bond acceptors (Lipinski definition) is 3. The number of aliphatic hydroxyl groups is 2. The summed E-state index contributed by atoms with van der Waals surface area (Å²) in [7, 11) is 0. The highest BCUT2D eigenvalue weighted by Crippen LogP contribution is 2.14. The molecule has 0 saturated heterocycles. The third-order valence-electron chi connectivity index (χ3n) is 4.58. The predicted molar refractivity (Wildman–Crippen MR) is 120 cm³/mol. The highest BCUT2D eigenvalue weighted by molar-refractivity contribution is 5.08. The summed E-state index contributed by atoms with van der Waals surface area (Å²) in [6, 6.07) is 2.03. The van der Waals surface area contributed by atoms with Gasteiger partial charge in [0.1, 0.15) is 11.9 Å². The molecule has 0 aliphatic carbocycles. The van der Waals surface area contributed by atoms with Crippen LogP contribution in [-0.2, 0) is 6.42 Å². The van der Waals surface area contributed by atoms with Crippen LogP contribution in [0.1, 0.15) is 79.2 Å². The first-order chi connectivity index (χ1) is 13.3. The Morgan fingerprint density at radius 1 is 1.21 bits per heavy atom. The first kappa shape index (κ1) is 26.3. The molecule has 2 N–H and O–H groups in total. The lowest BCUT2D eigenvalue weighted by Crippen LogP contribution is -2.18. The molecular formula is C25H42O3. The Morgan fingerprint density at radius 3 is 2.46 bits per heavy atom. The van der Waals surface area contributed by atoms with E-state index in [4.69, 9.17) is 4.42 Å². The van der Waals surface area contributed by atoms with Gasteiger partial charge in [0.05, 0.1) is 12.5 Å². The number of hydrogen-bond donors (Lipinski definition) is 2. The van der Waals surface area contributed by atoms with Crippen molar-refractivity contribution in [3.05, 3.63) is 59.8 Å². The summed E-state index contributed by atoms with van der Waals surface area (Å²) in [5.74, 6) is 0.541. The van der Waals surface area contributed by atoms with E-state index in [1.807, 2.05) is 33.1 Å². The second-order valence-corrected chi connectivity index (χ2v) is 7.87. The Labute approximate surface area is 172 Å². The van der Waals surface area contributed by atoms with Gasteiger partial charge in [-0.15, -0.1) is 0 Å². The van der Waals surface area contributed by atoms with E-state index >= 15 is 0 Å². The zero-order chi connectivity index (χ0) is 21.4. The molecule has 0 amide bonds. The first-order valence-corrected chi connectivity index (χ1v) is 10.7. The lowest BCUT2D eigenvalue weighted by Gasteiger charge is -2.15. The highest BCUT2D eigenvalue weighted by Gasteiger charge is 2.14. The molecule has 3 nitrogen and oxygen atoms in total. The number of rotatable bonds is 11. The van der Waals surface area contributed by atoms with Crippen LogP contribution < -0.4 is 0 Å². The largest absolute Gasteiger partial charge is 0.510 e. The zero-order valence-electron chi connectivity index (χ0n) is 18.8. The van der Waals surface area contributed by atoms with Gasteiger partial charge in [-0.2, -0.15) is 0 Å². The SMILES string of the molecule is C/C=C\CC/C(C)=C\CCc1ccoc1.CCCC(C)/C=C(\O)C(O)C(C)C. The van der Waals surface area contributed by atoms with Crippen LogP contribution in [0, 0.1) is 11.8 Å². The molecule has 0 radical (unpaired) electrons. The van der Waals surface area contributed by atoms with Gasteiger partial charge in [0.25, 0.3) is 0 Å². The number of allylic oxidation sites excluding steroid dienone is 5. The Kier molecular flexibility index (Phi) is 15.2. The molecule has 1 heterocycles. The number of furan rings is 1. The standard InChI is InChI=1S/C14H20O.C11H22O2/c1-3-4-5-7-13(2)8-6-9-14-10-11-15-12-14;1-5-6-9(4)7-10(12)11(13)8(2)3/h3-4,8,10-12H,5-7,9H2,1-2H3;7-9,11-13H,5-6H2,1-4H3/b4-3-,13-8-;10-7-. The molecule has 2 atom stereocenters. The van der Waals surface area contributed by atoms with Gasteiger partial charge in [0.15, 0.2) is 0 Å². The lowest BCUT2D eigenvalue weighted by atomic mass is 10.00. The van der Waals surface area contributed by atoms with Gasteiger partial charge < -0.3 is 14.6 Å². The third kappa shape index (κ3) is 13.4. The van der Waals surface area contributed by atoms with E-state index in [1.165, 1.54) is 17.6 Å². The predicted octanol–water partition coefficient (Wildman–Crippen LogP) is 7.40. The van der Waals surface area contributed by atoms with Crippen molar-refractivity contribution in [2.75, 3.05) is 0 Å². The molecule has 28 heavy (non-hydrogen) atoms. The summed E-state index contributed by atoms with van der Waals surface area (Å²) in [5, 5.41) is 19.0. The maximum absolute atomic E-state index is 9.50. The van der Waals surface area contributed by atoms with Crippen LogP contribution in [0.15, 0.2) is 58.6 Å². The van der Waals surface area contributed by atoms with Crippen LogP contribution in [0.4, 0.5) is 0 Å². The molecule has 0 aliphatic rings. The minimum Gasteiger partial charge on any atom is -0.510 e. The van der Waals surface area contributed by atoms with E-state index in [2.05, 4.69) is 39.0 Å². The van der Waals surface area contributed by atoms with Gasteiger partial charge in [-0.3, -0.25) is 0 Å². The minimum atomic E-state index is -0.709. The van der Waals surface area contributed by atoms with Crippen molar-refractivity contribution in [3.63, 3.8) is 0 Å². The van der Waals surface area contributed by atoms with Crippen LogP contribution in [0.2, 0.25) is 0 Å². The first-order valence-electron chi connectivity index (χ1n) is 10.7. The molecule has 0 aromatic carbocycles. The summed E-state index contributed by atoms with van der Waals surface area (Å²) >= 11 is 0. The Hall–Kier alpha value is -1.74. The fraction of sp³-hybridized carbons (Fsp3) is 0.600. The van der Waals surface area contributed by atoms with E-state index in [1.54, 1.807) is 12.3 Å². The van der Waals surface area contributed by atoms with Gasteiger partial charge in [0.2, 0.25) is 0 Å². The topological polar surface area (TPSA) is 53.6 Å². The fourth-order valence-electron chi connectivity index (χ4n) is 2.77. The van der Waals surface area contributed by atoms with Crippen LogP contribution in [0.3, 0.4) is 0 Å². The second-order valence-electron chi connectivity index (χ2n) is 7.87. The van der Waals surface area contributed by atoms with E-state index in [9.17, 15) is 10.2 Å². The molecule has 160 valence electrons.